The Kier molecular flexibility index (Phi) is 8.04. The second kappa shape index (κ2) is 11.1. The van der Waals surface area contributed by atoms with Gasteiger partial charge in [-0.2, -0.15) is 0 Å². The summed E-state index contributed by atoms with van der Waals surface area (Å²) in [6.45, 7) is 4.83. The lowest BCUT2D eigenvalue weighted by Gasteiger charge is -2.61. The number of nitrogens with one attached hydrogen (secondary N) is 1. The molecule has 1 amide bonds. The molecule has 0 bridgehead atoms. The van der Waals surface area contributed by atoms with Gasteiger partial charge in [-0.3, -0.25) is 19.3 Å². The van der Waals surface area contributed by atoms with Crippen molar-refractivity contribution in [2.75, 3.05) is 33.1 Å². The molecule has 252 valence electrons. The highest BCUT2D eigenvalue weighted by molar-refractivity contribution is 6.24. The summed E-state index contributed by atoms with van der Waals surface area (Å²) in [6, 6.07) is 2.40. The Morgan fingerprint density at radius 3 is 2.13 bits per heavy atom. The van der Waals surface area contributed by atoms with Gasteiger partial charge >= 0.3 is 0 Å². The Hall–Kier alpha value is -4.36. The molecular weight excluding hydrogens is 617 g/mol. The zero-order valence-corrected chi connectivity index (χ0v) is 27.3. The van der Waals surface area contributed by atoms with Gasteiger partial charge < -0.3 is 31.3 Å². The number of Topliss-reactive ketones (excluding diaryl/α,β-unsaturated/α-hetero) is 2. The second-order valence-electron chi connectivity index (χ2n) is 14.0. The fourth-order valence-electron chi connectivity index (χ4n) is 8.27. The molecule has 0 aromatic heterocycles. The maximum atomic E-state index is 14.7. The molecule has 2 aromatic rings. The van der Waals surface area contributed by atoms with E-state index >= 15 is 0 Å². The zero-order chi connectivity index (χ0) is 35.1. The van der Waals surface area contributed by atoms with E-state index < -0.39 is 74.3 Å². The number of carbonyl (C=O) groups is 3. The lowest BCUT2D eigenvalue weighted by Crippen LogP contribution is -2.68. The molecule has 1 fully saturated rings. The van der Waals surface area contributed by atoms with Gasteiger partial charge in [0.2, 0.25) is 0 Å². The van der Waals surface area contributed by atoms with Gasteiger partial charge in [-0.05, 0) is 63.2 Å². The van der Waals surface area contributed by atoms with Crippen LogP contribution in [0.4, 0.5) is 18.9 Å². The number of hydrogen-bond acceptors (Lipinski definition) is 9. The Balaban J connectivity index is 1.66. The second-order valence-corrected chi connectivity index (χ2v) is 14.0. The first-order chi connectivity index (χ1) is 21.7. The standard InChI is InChI=1S/C34H39F3N4O6/c1-32-11-17-20(40(4)5)10-16(13-39-12-15-8-18(35)24(37)19(36)9-15)25(42)21(17)26(43)23(32)30(46)34(3)29(45)22(31(38)47)27(44)28(41(6)7)33(34,2)14-32/h8-10,28,39,42-43,45H,11-14H2,1-7H3,(H2,38,47)/t28?,32-,33-,34-/m0/s1. The third kappa shape index (κ3) is 4.73. The molecule has 4 atom stereocenters. The number of anilines is 1. The van der Waals surface area contributed by atoms with Crippen molar-refractivity contribution in [3.05, 3.63) is 74.8 Å². The molecule has 10 nitrogen and oxygen atoms in total. The number of amides is 1. The maximum Gasteiger partial charge on any atom is 0.255 e. The molecule has 0 heterocycles. The molecule has 47 heavy (non-hydrogen) atoms. The number of benzene rings is 2. The highest BCUT2D eigenvalue weighted by Crippen LogP contribution is 2.67. The number of aliphatic hydroxyl groups is 2. The number of likely N-dealkylation sites (N-methyl/N-ethyl adjacent to an activating group) is 1. The highest BCUT2D eigenvalue weighted by Gasteiger charge is 2.70. The van der Waals surface area contributed by atoms with Crippen LogP contribution in [0.25, 0.3) is 5.76 Å². The SMILES string of the molecule is CN(C)c1cc(CNCc2cc(F)c(F)c(F)c2)c(O)c2c1C[C@@]1(C)C[C@@]3(C)C(N(C)C)C(=O)C(C(N)=O)=C(O)[C@@]3(C)C(=O)C1=C2O. The summed E-state index contributed by atoms with van der Waals surface area (Å²) in [7, 11) is 6.82. The highest BCUT2D eigenvalue weighted by atomic mass is 19.2. The molecule has 1 unspecified atom stereocenters. The minimum atomic E-state index is -1.85. The molecular formula is C34H39F3N4O6. The molecule has 5 rings (SSSR count). The van der Waals surface area contributed by atoms with E-state index in [2.05, 4.69) is 5.32 Å². The van der Waals surface area contributed by atoms with Crippen LogP contribution in [0.2, 0.25) is 0 Å². The van der Waals surface area contributed by atoms with Crippen molar-refractivity contribution in [2.24, 2.45) is 22.0 Å². The maximum absolute atomic E-state index is 14.7. The molecule has 0 aliphatic heterocycles. The van der Waals surface area contributed by atoms with Crippen LogP contribution in [0.3, 0.4) is 0 Å². The van der Waals surface area contributed by atoms with Crippen LogP contribution >= 0.6 is 0 Å². The van der Waals surface area contributed by atoms with Crippen LogP contribution in [-0.4, -0.2) is 71.9 Å². The van der Waals surface area contributed by atoms with E-state index in [0.717, 1.165) is 12.1 Å². The average Bonchev–Trinajstić information content (AvgIpc) is 2.94. The summed E-state index contributed by atoms with van der Waals surface area (Å²) in [6.07, 6.45) is 0.303. The van der Waals surface area contributed by atoms with Crippen LogP contribution in [0.5, 0.6) is 5.75 Å². The summed E-state index contributed by atoms with van der Waals surface area (Å²) in [4.78, 5) is 44.2. The Morgan fingerprint density at radius 2 is 1.60 bits per heavy atom. The van der Waals surface area contributed by atoms with Crippen molar-refractivity contribution in [1.29, 1.82) is 0 Å². The van der Waals surface area contributed by atoms with Crippen molar-refractivity contribution >= 4 is 28.9 Å². The Morgan fingerprint density at radius 1 is 1.00 bits per heavy atom. The summed E-state index contributed by atoms with van der Waals surface area (Å²) in [5.41, 5.74) is 2.23. The lowest BCUT2D eigenvalue weighted by atomic mass is 9.42. The van der Waals surface area contributed by atoms with Gasteiger partial charge in [-0.15, -0.1) is 0 Å². The number of fused-ring (bicyclic) bond motifs is 3. The fraction of sp³-hybridized carbons (Fsp3) is 0.441. The van der Waals surface area contributed by atoms with E-state index in [1.54, 1.807) is 57.9 Å². The third-order valence-corrected chi connectivity index (χ3v) is 10.4. The van der Waals surface area contributed by atoms with E-state index in [1.165, 1.54) is 6.92 Å². The van der Waals surface area contributed by atoms with Crippen molar-refractivity contribution in [3.8, 4) is 5.75 Å². The smallest absolute Gasteiger partial charge is 0.255 e. The van der Waals surface area contributed by atoms with E-state index in [4.69, 9.17) is 5.73 Å². The molecule has 3 aliphatic rings. The van der Waals surface area contributed by atoms with E-state index in [1.807, 2.05) is 0 Å². The Labute approximate surface area is 270 Å². The van der Waals surface area contributed by atoms with Crippen molar-refractivity contribution in [1.82, 2.24) is 10.2 Å². The number of carbonyl (C=O) groups excluding carboxylic acids is 3. The molecule has 0 radical (unpaired) electrons. The summed E-state index contributed by atoms with van der Waals surface area (Å²) in [5, 5.41) is 38.0. The fourth-order valence-corrected chi connectivity index (χ4v) is 8.27. The number of phenolic OH excluding ortho intramolecular Hbond substituents is 1. The zero-order valence-electron chi connectivity index (χ0n) is 27.3. The van der Waals surface area contributed by atoms with Gasteiger partial charge in [-0.25, -0.2) is 13.2 Å². The molecule has 13 heteroatoms. The normalized spacial score (nSPS) is 27.2. The number of halogens is 3. The van der Waals surface area contributed by atoms with E-state index in [0.29, 0.717) is 16.8 Å². The number of nitrogens with two attached hydrogens (primary N) is 1. The molecule has 0 saturated heterocycles. The van der Waals surface area contributed by atoms with Gasteiger partial charge in [0.1, 0.15) is 22.8 Å². The van der Waals surface area contributed by atoms with Gasteiger partial charge in [0.15, 0.2) is 29.0 Å². The summed E-state index contributed by atoms with van der Waals surface area (Å²) in [5.74, 6) is -8.41. The predicted molar refractivity (Wildman–Crippen MR) is 168 cm³/mol. The number of aromatic hydroxyl groups is 1. The number of aliphatic hydroxyl groups excluding tert-OH is 2. The van der Waals surface area contributed by atoms with Crippen LogP contribution < -0.4 is 16.0 Å². The van der Waals surface area contributed by atoms with E-state index in [9.17, 15) is 42.9 Å². The number of rotatable bonds is 7. The number of hydrogen-bond donors (Lipinski definition) is 5. The molecule has 1 saturated carbocycles. The number of ketones is 2. The van der Waals surface area contributed by atoms with Gasteiger partial charge in [-0.1, -0.05) is 13.8 Å². The van der Waals surface area contributed by atoms with Crippen molar-refractivity contribution in [3.63, 3.8) is 0 Å². The van der Waals surface area contributed by atoms with E-state index in [-0.39, 0.29) is 48.4 Å². The average molecular weight is 657 g/mol. The summed E-state index contributed by atoms with van der Waals surface area (Å²) < 4.78 is 40.9. The topological polar surface area (TPSA) is 156 Å². The van der Waals surface area contributed by atoms with Gasteiger partial charge in [0, 0.05) is 54.8 Å². The Bertz CT molecular complexity index is 1800. The molecule has 0 spiro atoms. The van der Waals surface area contributed by atoms with Crippen molar-refractivity contribution in [2.45, 2.75) is 52.7 Å². The van der Waals surface area contributed by atoms with Crippen molar-refractivity contribution < 1.29 is 42.9 Å². The van der Waals surface area contributed by atoms with Crippen LogP contribution in [0, 0.1) is 33.7 Å². The quantitative estimate of drug-likeness (QED) is 0.221. The minimum Gasteiger partial charge on any atom is -0.510 e. The third-order valence-electron chi connectivity index (χ3n) is 10.4. The monoisotopic (exact) mass is 656 g/mol. The molecule has 6 N–H and O–H groups in total. The first-order valence-corrected chi connectivity index (χ1v) is 15.0. The first-order valence-electron chi connectivity index (χ1n) is 15.0. The van der Waals surface area contributed by atoms with Crippen LogP contribution in [-0.2, 0) is 33.9 Å². The van der Waals surface area contributed by atoms with Gasteiger partial charge in [0.25, 0.3) is 5.91 Å². The molecule has 3 aliphatic carbocycles. The summed E-state index contributed by atoms with van der Waals surface area (Å²) >= 11 is 0. The largest absolute Gasteiger partial charge is 0.510 e. The number of phenols is 1. The predicted octanol–water partition coefficient (Wildman–Crippen LogP) is 3.79. The number of primary amides is 1. The number of allylic oxidation sites excluding steroid dienone is 2. The molecule has 2 aromatic carbocycles. The van der Waals surface area contributed by atoms with Crippen LogP contribution in [0.1, 0.15) is 49.4 Å². The number of nitrogens with zero attached hydrogens (tertiary/aromatic N) is 2. The van der Waals surface area contributed by atoms with Crippen LogP contribution in [0.15, 0.2) is 35.1 Å². The minimum absolute atomic E-state index is 0.00883. The van der Waals surface area contributed by atoms with Gasteiger partial charge in [0.05, 0.1) is 17.0 Å². The first kappa shape index (κ1) is 34.0. The lowest BCUT2D eigenvalue weighted by molar-refractivity contribution is -0.153.